The summed E-state index contributed by atoms with van der Waals surface area (Å²) in [7, 11) is -20.5. The second-order valence-corrected chi connectivity index (χ2v) is 11.5. The van der Waals surface area contributed by atoms with Crippen LogP contribution in [0.15, 0.2) is 0 Å². The monoisotopic (exact) mass is 656 g/mol. The quantitative estimate of drug-likeness (QED) is 0.104. The lowest BCUT2D eigenvalue weighted by atomic mass is 9.99. The average Bonchev–Trinajstić information content (AvgIpc) is 2.71. The first-order valence-corrected chi connectivity index (χ1v) is 15.3. The minimum Gasteiger partial charge on any atom is -0.353 e. The number of nitrogens with one attached hydrogen (secondary N) is 1. The smallest absolute Gasteiger partial charge is 0.353 e. The second kappa shape index (κ2) is 13.8. The van der Waals surface area contributed by atoms with E-state index in [9.17, 15) is 43.3 Å². The van der Waals surface area contributed by atoms with Crippen molar-refractivity contribution >= 4 is 53.4 Å². The van der Waals surface area contributed by atoms with Crippen molar-refractivity contribution in [2.45, 2.75) is 37.6 Å². The third-order valence-electron chi connectivity index (χ3n) is 4.40. The van der Waals surface area contributed by atoms with Gasteiger partial charge in [-0.05, 0) is 0 Å². The normalized spacial score (nSPS) is 24.7. The van der Waals surface area contributed by atoms with E-state index in [4.69, 9.17) is 27.7 Å². The Balaban J connectivity index is 3.22. The van der Waals surface area contributed by atoms with Gasteiger partial charge in [0, 0.05) is 27.1 Å². The van der Waals surface area contributed by atoms with Gasteiger partial charge in [0.25, 0.3) is 0 Å². The molecule has 1 saturated heterocycles. The summed E-state index contributed by atoms with van der Waals surface area (Å²) in [6, 6.07) is 0. The van der Waals surface area contributed by atoms with E-state index in [1.165, 1.54) is 0 Å². The summed E-state index contributed by atoms with van der Waals surface area (Å²) in [5.41, 5.74) is 0. The molecular formula is C13H24N2O20S4. The third kappa shape index (κ3) is 14.0. The summed E-state index contributed by atoms with van der Waals surface area (Å²) in [4.78, 5) is 24.8. The van der Waals surface area contributed by atoms with Gasteiger partial charge in [-0.2, -0.15) is 33.7 Å². The predicted molar refractivity (Wildman–Crippen MR) is 118 cm³/mol. The van der Waals surface area contributed by atoms with E-state index in [1.807, 2.05) is 0 Å². The summed E-state index contributed by atoms with van der Waals surface area (Å²) in [5, 5.41) is 2.10. The maximum absolute atomic E-state index is 12.4. The summed E-state index contributed by atoms with van der Waals surface area (Å²) < 4.78 is 152. The van der Waals surface area contributed by atoms with Gasteiger partial charge in [-0.15, -0.1) is 0 Å². The standard InChI is InChI=1S/C13H24N2O20S4/c1-7(16)15(3-4-31-36(18,19)20)6-9(17)14-5-8-10(33-37(21,22)23)11(34-38(24,25)26)12(13(30-2)32-8)35-39(27,28)29/h8,10-13H,3-6H2,1-2H3,(H,14,17)(H,18,19,20)(H,21,22,23)(H,24,25,26)(H,27,28,29)/t8-,10-,11+,12+,13+/m1/s1. The van der Waals surface area contributed by atoms with E-state index in [2.05, 4.69) is 22.0 Å². The SMILES string of the molecule is CO[C@H]1O[C@H](CNC(=O)CN(CCOS(=O)(=O)O)C(C)=O)[C@@H](OS(=O)(=O)O)[C@H](OS(=O)(=O)O)[C@@H]1OS(=O)(=O)O. The van der Waals surface area contributed by atoms with Crippen molar-refractivity contribution in [3.8, 4) is 0 Å². The Morgan fingerprint density at radius 2 is 1.31 bits per heavy atom. The van der Waals surface area contributed by atoms with E-state index < -0.39 is 110 Å². The zero-order valence-electron chi connectivity index (χ0n) is 19.6. The number of rotatable bonds is 15. The van der Waals surface area contributed by atoms with Crippen LogP contribution in [0.5, 0.6) is 0 Å². The van der Waals surface area contributed by atoms with Gasteiger partial charge in [-0.25, -0.2) is 16.7 Å². The van der Waals surface area contributed by atoms with Crippen LogP contribution in [0.3, 0.4) is 0 Å². The molecule has 0 aromatic heterocycles. The Kier molecular flexibility index (Phi) is 12.5. The predicted octanol–water partition coefficient (Wildman–Crippen LogP) is -4.29. The summed E-state index contributed by atoms with van der Waals surface area (Å²) >= 11 is 0. The van der Waals surface area contributed by atoms with E-state index in [1.54, 1.807) is 0 Å². The van der Waals surface area contributed by atoms with Crippen LogP contribution in [0.4, 0.5) is 0 Å². The summed E-state index contributed by atoms with van der Waals surface area (Å²) in [5.74, 6) is -1.80. The van der Waals surface area contributed by atoms with Crippen LogP contribution in [-0.2, 0) is 77.4 Å². The van der Waals surface area contributed by atoms with Crippen molar-refractivity contribution in [3.63, 3.8) is 0 Å². The molecular weight excluding hydrogens is 632 g/mol. The van der Waals surface area contributed by atoms with Crippen LogP contribution in [0.1, 0.15) is 6.92 Å². The Bertz CT molecular complexity index is 1290. The van der Waals surface area contributed by atoms with Gasteiger partial charge in [-0.3, -0.25) is 27.8 Å². The van der Waals surface area contributed by atoms with Crippen molar-refractivity contribution in [1.82, 2.24) is 10.2 Å². The van der Waals surface area contributed by atoms with E-state index in [0.29, 0.717) is 0 Å². The third-order valence-corrected chi connectivity index (χ3v) is 6.26. The molecule has 1 aliphatic rings. The van der Waals surface area contributed by atoms with E-state index in [-0.39, 0.29) is 0 Å². The molecule has 1 fully saturated rings. The lowest BCUT2D eigenvalue weighted by Crippen LogP contribution is -2.64. The van der Waals surface area contributed by atoms with Crippen LogP contribution >= 0.6 is 0 Å². The van der Waals surface area contributed by atoms with Gasteiger partial charge in [0.2, 0.25) is 11.8 Å². The zero-order valence-corrected chi connectivity index (χ0v) is 22.9. The molecule has 1 heterocycles. The lowest BCUT2D eigenvalue weighted by molar-refractivity contribution is -0.273. The number of carbonyl (C=O) groups is 2. The molecule has 39 heavy (non-hydrogen) atoms. The molecule has 26 heteroatoms. The molecule has 5 atom stereocenters. The minimum atomic E-state index is -5.56. The topological polar surface area (TPSA) is 322 Å². The van der Waals surface area contributed by atoms with Gasteiger partial charge >= 0.3 is 41.6 Å². The molecule has 5 N–H and O–H groups in total. The van der Waals surface area contributed by atoms with E-state index in [0.717, 1.165) is 18.9 Å². The van der Waals surface area contributed by atoms with Crippen LogP contribution in [-0.4, -0.2) is 133 Å². The Morgan fingerprint density at radius 1 is 0.821 bits per heavy atom. The maximum atomic E-state index is 12.4. The Labute approximate surface area is 222 Å². The fourth-order valence-corrected chi connectivity index (χ4v) is 4.81. The number of ether oxygens (including phenoxy) is 2. The molecule has 0 radical (unpaired) electrons. The molecule has 0 aromatic rings. The molecule has 22 nitrogen and oxygen atoms in total. The number of nitrogens with zero attached hydrogens (tertiary/aromatic N) is 1. The van der Waals surface area contributed by atoms with Gasteiger partial charge in [0.15, 0.2) is 12.4 Å². The fraction of sp³-hybridized carbons (Fsp3) is 0.846. The van der Waals surface area contributed by atoms with Crippen molar-refractivity contribution < 1.29 is 87.7 Å². The van der Waals surface area contributed by atoms with Gasteiger partial charge in [-0.1, -0.05) is 0 Å². The second-order valence-electron chi connectivity index (χ2n) is 7.24. The van der Waals surface area contributed by atoms with Crippen LogP contribution in [0.25, 0.3) is 0 Å². The first-order valence-electron chi connectivity index (χ1n) is 9.80. The average molecular weight is 657 g/mol. The summed E-state index contributed by atoms with van der Waals surface area (Å²) in [6.07, 6.45) is -11.3. The Hall–Kier alpha value is -1.66. The molecule has 0 spiro atoms. The highest BCUT2D eigenvalue weighted by Gasteiger charge is 2.53. The Morgan fingerprint density at radius 3 is 1.74 bits per heavy atom. The van der Waals surface area contributed by atoms with Gasteiger partial charge < -0.3 is 19.7 Å². The molecule has 0 bridgehead atoms. The molecule has 0 aromatic carbocycles. The molecule has 1 rings (SSSR count). The van der Waals surface area contributed by atoms with E-state index >= 15 is 0 Å². The highest BCUT2D eigenvalue weighted by molar-refractivity contribution is 7.81. The molecule has 1 aliphatic heterocycles. The fourth-order valence-electron chi connectivity index (χ4n) is 3.03. The van der Waals surface area contributed by atoms with Crippen molar-refractivity contribution in [2.24, 2.45) is 0 Å². The number of methoxy groups -OCH3 is 1. The van der Waals surface area contributed by atoms with Crippen molar-refractivity contribution in [2.75, 3.05) is 33.4 Å². The zero-order chi connectivity index (χ0) is 30.4. The van der Waals surface area contributed by atoms with Crippen LogP contribution < -0.4 is 5.32 Å². The minimum absolute atomic E-state index is 0.512. The molecule has 0 aliphatic carbocycles. The number of hydrogen-bond donors (Lipinski definition) is 5. The largest absolute Gasteiger partial charge is 0.397 e. The van der Waals surface area contributed by atoms with Crippen molar-refractivity contribution in [1.29, 1.82) is 0 Å². The maximum Gasteiger partial charge on any atom is 0.397 e. The number of hydrogen-bond acceptors (Lipinski definition) is 16. The van der Waals surface area contributed by atoms with Crippen molar-refractivity contribution in [3.05, 3.63) is 0 Å². The molecule has 230 valence electrons. The van der Waals surface area contributed by atoms with Gasteiger partial charge in [0.05, 0.1) is 13.2 Å². The highest BCUT2D eigenvalue weighted by Crippen LogP contribution is 2.31. The highest BCUT2D eigenvalue weighted by atomic mass is 32.3. The molecule has 2 amide bonds. The number of amides is 2. The van der Waals surface area contributed by atoms with Gasteiger partial charge in [0.1, 0.15) is 18.3 Å². The first kappa shape index (κ1) is 35.4. The van der Waals surface area contributed by atoms with Crippen LogP contribution in [0.2, 0.25) is 0 Å². The number of carbonyl (C=O) groups excluding carboxylic acids is 2. The molecule has 0 saturated carbocycles. The first-order chi connectivity index (χ1) is 17.5. The summed E-state index contributed by atoms with van der Waals surface area (Å²) in [6.45, 7) is -1.93. The van der Waals surface area contributed by atoms with Crippen LogP contribution in [0, 0.1) is 0 Å². The lowest BCUT2D eigenvalue weighted by Gasteiger charge is -2.43. The molecule has 0 unspecified atom stereocenters.